The molecule has 156 valence electrons. The molecule has 0 bridgehead atoms. The van der Waals surface area contributed by atoms with E-state index in [2.05, 4.69) is 0 Å². The normalized spacial score (nSPS) is 10.4. The maximum atomic E-state index is 11.9. The molecule has 6 nitrogen and oxygen atoms in total. The Hall–Kier alpha value is -2.28. The van der Waals surface area contributed by atoms with Gasteiger partial charge in [-0.05, 0) is 55.8 Å². The molecule has 0 saturated carbocycles. The summed E-state index contributed by atoms with van der Waals surface area (Å²) < 4.78 is 20.9. The third kappa shape index (κ3) is 8.31. The van der Waals surface area contributed by atoms with Crippen molar-refractivity contribution in [3.8, 4) is 11.5 Å². The van der Waals surface area contributed by atoms with Crippen molar-refractivity contribution in [1.82, 2.24) is 0 Å². The zero-order valence-electron chi connectivity index (χ0n) is 16.0. The minimum Gasteiger partial charge on any atom is -0.492 e. The smallest absolute Gasteiger partial charge is 0.338 e. The average molecular weight is 441 g/mol. The van der Waals surface area contributed by atoms with Gasteiger partial charge in [0.25, 0.3) is 0 Å². The van der Waals surface area contributed by atoms with Crippen molar-refractivity contribution in [2.45, 2.75) is 19.8 Å². The lowest BCUT2D eigenvalue weighted by molar-refractivity contribution is -0.134. The molecular weight excluding hydrogens is 419 g/mol. The Bertz CT molecular complexity index is 807. The van der Waals surface area contributed by atoms with E-state index in [1.165, 1.54) is 12.1 Å². The summed E-state index contributed by atoms with van der Waals surface area (Å²) >= 11 is 11.8. The van der Waals surface area contributed by atoms with Crippen LogP contribution in [-0.4, -0.2) is 38.4 Å². The van der Waals surface area contributed by atoms with E-state index in [0.29, 0.717) is 53.3 Å². The van der Waals surface area contributed by atoms with Gasteiger partial charge in [0.1, 0.15) is 18.1 Å². The highest BCUT2D eigenvalue weighted by Gasteiger charge is 2.10. The molecule has 0 heterocycles. The van der Waals surface area contributed by atoms with Gasteiger partial charge in [0.05, 0.1) is 23.8 Å². The number of hydrogen-bond acceptors (Lipinski definition) is 6. The molecular formula is C21H22Cl2O6. The highest BCUT2D eigenvalue weighted by Crippen LogP contribution is 2.27. The van der Waals surface area contributed by atoms with Crippen LogP contribution in [0.2, 0.25) is 10.0 Å². The SMILES string of the molecule is CCOCCOC(=O)c1ccc(OC(=O)CCCOc2ccc(Cl)cc2Cl)cc1. The fourth-order valence-electron chi connectivity index (χ4n) is 2.25. The van der Waals surface area contributed by atoms with Crippen molar-refractivity contribution in [3.63, 3.8) is 0 Å². The monoisotopic (exact) mass is 440 g/mol. The first-order valence-corrected chi connectivity index (χ1v) is 9.88. The minimum atomic E-state index is -0.458. The van der Waals surface area contributed by atoms with Gasteiger partial charge in [-0.1, -0.05) is 23.2 Å². The quantitative estimate of drug-likeness (QED) is 0.279. The van der Waals surface area contributed by atoms with Gasteiger partial charge in [0.2, 0.25) is 0 Å². The number of hydrogen-bond donors (Lipinski definition) is 0. The Labute approximate surface area is 179 Å². The molecule has 8 heteroatoms. The number of benzene rings is 2. The molecule has 2 aromatic carbocycles. The predicted molar refractivity (Wildman–Crippen MR) is 110 cm³/mol. The standard InChI is InChI=1S/C21H22Cl2O6/c1-2-26-12-13-28-21(25)15-5-8-17(9-6-15)29-20(24)4-3-11-27-19-10-7-16(22)14-18(19)23/h5-10,14H,2-4,11-13H2,1H3. The second-order valence-electron chi connectivity index (χ2n) is 5.86. The van der Waals surface area contributed by atoms with Crippen LogP contribution in [0, 0.1) is 0 Å². The van der Waals surface area contributed by atoms with Crippen molar-refractivity contribution in [1.29, 1.82) is 0 Å². The minimum absolute atomic E-state index is 0.173. The third-order valence-electron chi connectivity index (χ3n) is 3.66. The van der Waals surface area contributed by atoms with E-state index in [0.717, 1.165) is 0 Å². The summed E-state index contributed by atoms with van der Waals surface area (Å²) in [5.41, 5.74) is 0.370. The maximum absolute atomic E-state index is 11.9. The molecule has 0 atom stereocenters. The van der Waals surface area contributed by atoms with Crippen LogP contribution >= 0.6 is 23.2 Å². The zero-order chi connectivity index (χ0) is 21.1. The zero-order valence-corrected chi connectivity index (χ0v) is 17.5. The lowest BCUT2D eigenvalue weighted by atomic mass is 10.2. The summed E-state index contributed by atoms with van der Waals surface area (Å²) in [4.78, 5) is 23.8. The molecule has 0 aliphatic carbocycles. The fraction of sp³-hybridized carbons (Fsp3) is 0.333. The van der Waals surface area contributed by atoms with E-state index < -0.39 is 11.9 Å². The van der Waals surface area contributed by atoms with Crippen molar-refractivity contribution in [2.24, 2.45) is 0 Å². The van der Waals surface area contributed by atoms with Crippen LogP contribution in [0.1, 0.15) is 30.1 Å². The largest absolute Gasteiger partial charge is 0.492 e. The predicted octanol–water partition coefficient (Wildman–Crippen LogP) is 4.95. The Morgan fingerprint density at radius 2 is 1.72 bits per heavy atom. The van der Waals surface area contributed by atoms with Crippen LogP contribution in [-0.2, 0) is 14.3 Å². The highest BCUT2D eigenvalue weighted by atomic mass is 35.5. The average Bonchev–Trinajstić information content (AvgIpc) is 2.70. The van der Waals surface area contributed by atoms with Crippen LogP contribution < -0.4 is 9.47 Å². The molecule has 0 unspecified atom stereocenters. The highest BCUT2D eigenvalue weighted by molar-refractivity contribution is 6.35. The first-order chi connectivity index (χ1) is 14.0. The van der Waals surface area contributed by atoms with E-state index in [1.807, 2.05) is 6.92 Å². The number of halogens is 2. The van der Waals surface area contributed by atoms with Gasteiger partial charge < -0.3 is 18.9 Å². The van der Waals surface area contributed by atoms with E-state index >= 15 is 0 Å². The van der Waals surface area contributed by atoms with Crippen LogP contribution in [0.5, 0.6) is 11.5 Å². The molecule has 0 saturated heterocycles. The molecule has 0 fully saturated rings. The second-order valence-corrected chi connectivity index (χ2v) is 6.70. The number of carbonyl (C=O) groups excluding carboxylic acids is 2. The number of carbonyl (C=O) groups is 2. The van der Waals surface area contributed by atoms with Crippen molar-refractivity contribution in [3.05, 3.63) is 58.1 Å². The molecule has 0 spiro atoms. The van der Waals surface area contributed by atoms with Crippen LogP contribution in [0.25, 0.3) is 0 Å². The number of esters is 2. The number of ether oxygens (including phenoxy) is 4. The van der Waals surface area contributed by atoms with Crippen molar-refractivity contribution >= 4 is 35.1 Å². The van der Waals surface area contributed by atoms with E-state index in [-0.39, 0.29) is 13.0 Å². The summed E-state index contributed by atoms with van der Waals surface area (Å²) in [7, 11) is 0. The van der Waals surface area contributed by atoms with Crippen LogP contribution in [0.15, 0.2) is 42.5 Å². The lowest BCUT2D eigenvalue weighted by Gasteiger charge is -2.09. The number of rotatable bonds is 11. The molecule has 0 aliphatic rings. The molecule has 0 N–H and O–H groups in total. The van der Waals surface area contributed by atoms with E-state index in [1.54, 1.807) is 30.3 Å². The van der Waals surface area contributed by atoms with Gasteiger partial charge in [0, 0.05) is 18.1 Å². The summed E-state index contributed by atoms with van der Waals surface area (Å²) in [5, 5.41) is 0.937. The Morgan fingerprint density at radius 1 is 0.966 bits per heavy atom. The van der Waals surface area contributed by atoms with Gasteiger partial charge in [0.15, 0.2) is 0 Å². The van der Waals surface area contributed by atoms with Crippen molar-refractivity contribution in [2.75, 3.05) is 26.4 Å². The molecule has 2 aromatic rings. The van der Waals surface area contributed by atoms with E-state index in [4.69, 9.17) is 42.1 Å². The molecule has 29 heavy (non-hydrogen) atoms. The van der Waals surface area contributed by atoms with Crippen molar-refractivity contribution < 1.29 is 28.5 Å². The molecule has 0 aromatic heterocycles. The van der Waals surface area contributed by atoms with Gasteiger partial charge in [-0.15, -0.1) is 0 Å². The molecule has 2 rings (SSSR count). The Morgan fingerprint density at radius 3 is 2.41 bits per heavy atom. The van der Waals surface area contributed by atoms with Crippen LogP contribution in [0.4, 0.5) is 0 Å². The Balaban J connectivity index is 1.70. The summed E-state index contributed by atoms with van der Waals surface area (Å²) in [5.74, 6) is -0.000807. The molecule has 0 amide bonds. The first-order valence-electron chi connectivity index (χ1n) is 9.13. The summed E-state index contributed by atoms with van der Waals surface area (Å²) in [6, 6.07) is 11.1. The van der Waals surface area contributed by atoms with Gasteiger partial charge in [-0.3, -0.25) is 4.79 Å². The molecule has 0 radical (unpaired) electrons. The van der Waals surface area contributed by atoms with Crippen LogP contribution in [0.3, 0.4) is 0 Å². The third-order valence-corrected chi connectivity index (χ3v) is 4.19. The maximum Gasteiger partial charge on any atom is 0.338 e. The lowest BCUT2D eigenvalue weighted by Crippen LogP contribution is -2.12. The second kappa shape index (κ2) is 12.3. The van der Waals surface area contributed by atoms with Gasteiger partial charge in [-0.2, -0.15) is 0 Å². The fourth-order valence-corrected chi connectivity index (χ4v) is 2.72. The Kier molecular flexibility index (Phi) is 9.77. The van der Waals surface area contributed by atoms with Gasteiger partial charge >= 0.3 is 11.9 Å². The van der Waals surface area contributed by atoms with E-state index in [9.17, 15) is 9.59 Å². The first kappa shape index (κ1) is 23.0. The summed E-state index contributed by atoms with van der Waals surface area (Å²) in [6.07, 6.45) is 0.633. The molecule has 0 aliphatic heterocycles. The summed E-state index contributed by atoms with van der Waals surface area (Å²) in [6.45, 7) is 3.28. The topological polar surface area (TPSA) is 71.1 Å². The van der Waals surface area contributed by atoms with Gasteiger partial charge in [-0.25, -0.2) is 4.79 Å².